The fraction of sp³-hybridized carbons (Fsp3) is 0.581. The summed E-state index contributed by atoms with van der Waals surface area (Å²) in [4.78, 5) is 43.1. The van der Waals surface area contributed by atoms with E-state index in [0.717, 1.165) is 13.1 Å². The molecule has 0 heterocycles. The Morgan fingerprint density at radius 3 is 2.40 bits per heavy atom. The largest absolute Gasteiger partial charge is 0.508 e. The van der Waals surface area contributed by atoms with Gasteiger partial charge in [-0.2, -0.15) is 0 Å². The molecule has 0 unspecified atom stereocenters. The Bertz CT molecular complexity index is 1400. The van der Waals surface area contributed by atoms with Crippen LogP contribution in [0.2, 0.25) is 5.02 Å². The summed E-state index contributed by atoms with van der Waals surface area (Å²) < 4.78 is 0. The summed E-state index contributed by atoms with van der Waals surface area (Å²) in [7, 11) is 3.14. The minimum atomic E-state index is -2.66. The zero-order valence-corrected chi connectivity index (χ0v) is 25.1. The number of carbonyl (C=O) groups excluding carboxylic acids is 3. The van der Waals surface area contributed by atoms with Crippen LogP contribution >= 0.6 is 11.6 Å². The van der Waals surface area contributed by atoms with E-state index < -0.39 is 58.0 Å². The molecular weight excluding hydrogens is 562 g/mol. The maximum absolute atomic E-state index is 14.0. The third-order valence-corrected chi connectivity index (χ3v) is 10.3. The predicted molar refractivity (Wildman–Crippen MR) is 157 cm³/mol. The first-order chi connectivity index (χ1) is 19.8. The number of Topliss-reactive ketones (excluding diaryl/α,β-unsaturated/α-hetero) is 2. The molecule has 1 amide bonds. The first-order valence-electron chi connectivity index (χ1n) is 14.7. The maximum Gasteiger partial charge on any atom is 0.255 e. The van der Waals surface area contributed by atoms with Crippen LogP contribution in [0.3, 0.4) is 0 Å². The molecule has 4 aliphatic rings. The van der Waals surface area contributed by atoms with Crippen molar-refractivity contribution >= 4 is 34.8 Å². The molecule has 0 aromatic heterocycles. The molecule has 11 heteroatoms. The number of likely N-dealkylation sites (N-methyl/N-ethyl adjacent to an activating group) is 1. The monoisotopic (exact) mass is 601 g/mol. The Labute approximate surface area is 250 Å². The number of carbonyl (C=O) groups is 3. The number of aromatic hydroxyl groups is 1. The Morgan fingerprint density at radius 2 is 1.81 bits per heavy atom. The topological polar surface area (TPSA) is 165 Å². The zero-order chi connectivity index (χ0) is 30.7. The minimum absolute atomic E-state index is 0.00960. The van der Waals surface area contributed by atoms with E-state index in [1.54, 1.807) is 14.1 Å². The molecule has 10 nitrogen and oxygen atoms in total. The molecule has 0 saturated heterocycles. The summed E-state index contributed by atoms with van der Waals surface area (Å²) in [5.41, 5.74) is 2.91. The van der Waals surface area contributed by atoms with E-state index in [4.69, 9.17) is 17.3 Å². The van der Waals surface area contributed by atoms with Gasteiger partial charge in [0.2, 0.25) is 5.78 Å². The van der Waals surface area contributed by atoms with Gasteiger partial charge in [-0.1, -0.05) is 37.8 Å². The van der Waals surface area contributed by atoms with Crippen LogP contribution in [0, 0.1) is 17.8 Å². The number of benzene rings is 1. The Kier molecular flexibility index (Phi) is 8.21. The van der Waals surface area contributed by atoms with Crippen molar-refractivity contribution in [2.75, 3.05) is 27.2 Å². The molecule has 5 rings (SSSR count). The molecule has 1 aromatic rings. The van der Waals surface area contributed by atoms with E-state index in [-0.39, 0.29) is 29.7 Å². The summed E-state index contributed by atoms with van der Waals surface area (Å²) in [5, 5.41) is 45.6. The Balaban J connectivity index is 1.56. The molecule has 0 bridgehead atoms. The number of aliphatic hydroxyl groups is 3. The second-order valence-corrected chi connectivity index (χ2v) is 12.9. The number of hydrogen-bond acceptors (Lipinski definition) is 9. The standard InChI is InChI=1S/C31H40ClN3O7/c1-4-35(13-15-8-6-5-7-9-15)14-17-12-20(36)22-18(24(17)32)10-16-11-19-25(34(2)3)27(38)23(30(33)41)29(40)31(19,42)28(39)21(16)26(22)37/h12,15-16,19,25,36-37,40,42H,4-11,13-14H2,1-3H3,(H2,33,41)/t16-,19-,25-,31-/m0/s1. The first-order valence-corrected chi connectivity index (χ1v) is 15.1. The van der Waals surface area contributed by atoms with E-state index in [2.05, 4.69) is 11.8 Å². The molecule has 42 heavy (non-hydrogen) atoms. The van der Waals surface area contributed by atoms with Gasteiger partial charge in [-0.15, -0.1) is 0 Å². The molecule has 228 valence electrons. The molecule has 4 aliphatic carbocycles. The second-order valence-electron chi connectivity index (χ2n) is 12.5. The lowest BCUT2D eigenvalue weighted by Crippen LogP contribution is -2.65. The van der Waals surface area contributed by atoms with Crippen molar-refractivity contribution in [2.24, 2.45) is 23.5 Å². The molecule has 1 aromatic carbocycles. The fourth-order valence-electron chi connectivity index (χ4n) is 7.74. The van der Waals surface area contributed by atoms with Gasteiger partial charge in [0.1, 0.15) is 22.8 Å². The highest BCUT2D eigenvalue weighted by atomic mass is 35.5. The van der Waals surface area contributed by atoms with Crippen molar-refractivity contribution in [1.82, 2.24) is 9.80 Å². The summed E-state index contributed by atoms with van der Waals surface area (Å²) in [6.45, 7) is 4.34. The van der Waals surface area contributed by atoms with Crippen molar-refractivity contribution in [3.63, 3.8) is 0 Å². The van der Waals surface area contributed by atoms with Gasteiger partial charge in [-0.05, 0) is 75.4 Å². The van der Waals surface area contributed by atoms with Gasteiger partial charge in [-0.3, -0.25) is 24.2 Å². The van der Waals surface area contributed by atoms with Gasteiger partial charge in [0.25, 0.3) is 5.91 Å². The van der Waals surface area contributed by atoms with Crippen LogP contribution in [0.25, 0.3) is 5.76 Å². The highest BCUT2D eigenvalue weighted by Crippen LogP contribution is 2.53. The van der Waals surface area contributed by atoms with Crippen LogP contribution in [0.15, 0.2) is 23.0 Å². The van der Waals surface area contributed by atoms with E-state index in [1.165, 1.54) is 43.1 Å². The second kappa shape index (κ2) is 11.3. The van der Waals surface area contributed by atoms with Gasteiger partial charge in [-0.25, -0.2) is 0 Å². The van der Waals surface area contributed by atoms with Gasteiger partial charge >= 0.3 is 0 Å². The van der Waals surface area contributed by atoms with E-state index >= 15 is 0 Å². The van der Waals surface area contributed by atoms with E-state index in [1.807, 2.05) is 0 Å². The predicted octanol–water partition coefficient (Wildman–Crippen LogP) is 3.02. The zero-order valence-electron chi connectivity index (χ0n) is 24.3. The van der Waals surface area contributed by atoms with Crippen molar-refractivity contribution in [2.45, 2.75) is 70.1 Å². The van der Waals surface area contributed by atoms with Gasteiger partial charge in [0.05, 0.1) is 11.6 Å². The Hall–Kier alpha value is -2.92. The van der Waals surface area contributed by atoms with E-state index in [0.29, 0.717) is 28.6 Å². The van der Waals surface area contributed by atoms with Crippen LogP contribution in [-0.4, -0.2) is 86.5 Å². The number of halogens is 1. The number of primary amides is 1. The number of fused-ring (bicyclic) bond motifs is 3. The van der Waals surface area contributed by atoms with Crippen molar-refractivity contribution in [3.05, 3.63) is 44.7 Å². The van der Waals surface area contributed by atoms with Crippen molar-refractivity contribution < 1.29 is 34.8 Å². The smallest absolute Gasteiger partial charge is 0.255 e. The van der Waals surface area contributed by atoms with E-state index in [9.17, 15) is 34.8 Å². The number of aliphatic hydroxyl groups excluding tert-OH is 2. The number of nitrogens with zero attached hydrogens (tertiary/aromatic N) is 2. The molecule has 2 fully saturated rings. The average molecular weight is 602 g/mol. The lowest BCUT2D eigenvalue weighted by molar-refractivity contribution is -0.153. The SMILES string of the molecule is CCN(Cc1cc(O)c2c(c1Cl)C[C@H]1C[C@H]3[C@H](N(C)C)C(=O)C(C(N)=O)=C(O)[C@@]3(O)C(=O)C1=C2O)CC1CCCCC1. The fourth-order valence-corrected chi connectivity index (χ4v) is 8.03. The summed E-state index contributed by atoms with van der Waals surface area (Å²) >= 11 is 6.95. The van der Waals surface area contributed by atoms with Crippen LogP contribution in [0.1, 0.15) is 62.1 Å². The minimum Gasteiger partial charge on any atom is -0.508 e. The van der Waals surface area contributed by atoms with Crippen molar-refractivity contribution in [3.8, 4) is 5.75 Å². The lowest BCUT2D eigenvalue weighted by Gasteiger charge is -2.50. The summed E-state index contributed by atoms with van der Waals surface area (Å²) in [5.74, 6) is -6.13. The third kappa shape index (κ3) is 4.72. The lowest BCUT2D eigenvalue weighted by atomic mass is 9.57. The van der Waals surface area contributed by atoms with Crippen LogP contribution in [0.4, 0.5) is 0 Å². The average Bonchev–Trinajstić information content (AvgIpc) is 2.93. The number of amides is 1. The molecule has 0 spiro atoms. The summed E-state index contributed by atoms with van der Waals surface area (Å²) in [6.07, 6.45) is 6.35. The van der Waals surface area contributed by atoms with Gasteiger partial charge in [0, 0.05) is 29.6 Å². The molecule has 2 saturated carbocycles. The maximum atomic E-state index is 14.0. The number of phenols is 1. The highest BCUT2D eigenvalue weighted by Gasteiger charge is 2.64. The quantitative estimate of drug-likeness (QED) is 0.295. The normalized spacial score (nSPS) is 28.3. The molecule has 0 radical (unpaired) electrons. The number of rotatable bonds is 7. The van der Waals surface area contributed by atoms with Crippen LogP contribution in [-0.2, 0) is 27.3 Å². The third-order valence-electron chi connectivity index (χ3n) is 9.81. The molecular formula is C31H40ClN3O7. The van der Waals surface area contributed by atoms with Crippen LogP contribution in [0.5, 0.6) is 5.75 Å². The Morgan fingerprint density at radius 1 is 1.14 bits per heavy atom. The number of phenolic OH excluding ortho intramolecular Hbond substituents is 1. The number of hydrogen-bond donors (Lipinski definition) is 5. The summed E-state index contributed by atoms with van der Waals surface area (Å²) in [6, 6.07) is 0.381. The molecule has 4 atom stereocenters. The van der Waals surface area contributed by atoms with Crippen molar-refractivity contribution in [1.29, 1.82) is 0 Å². The highest BCUT2D eigenvalue weighted by molar-refractivity contribution is 6.32. The van der Waals surface area contributed by atoms with Gasteiger partial charge in [0.15, 0.2) is 11.4 Å². The van der Waals surface area contributed by atoms with Gasteiger partial charge < -0.3 is 26.2 Å². The van der Waals surface area contributed by atoms with Crippen LogP contribution < -0.4 is 5.73 Å². The first kappa shape index (κ1) is 30.5. The number of nitrogens with two attached hydrogens (primary N) is 1. The molecule has 0 aliphatic heterocycles. The molecule has 6 N–H and O–H groups in total. The number of ketones is 2.